The Balaban J connectivity index is 1.67. The molecule has 0 bridgehead atoms. The number of amides is 1. The van der Waals surface area contributed by atoms with Crippen LogP contribution in [0, 0.1) is 13.8 Å². The molecule has 0 unspecified atom stereocenters. The summed E-state index contributed by atoms with van der Waals surface area (Å²) in [6.07, 6.45) is 3.24. The number of rotatable bonds is 7. The van der Waals surface area contributed by atoms with Crippen LogP contribution in [0.3, 0.4) is 0 Å². The second-order valence-electron chi connectivity index (χ2n) is 6.34. The van der Waals surface area contributed by atoms with Crippen LogP contribution in [0.5, 0.6) is 5.75 Å². The average Bonchev–Trinajstić information content (AvgIpc) is 3.05. The lowest BCUT2D eigenvalue weighted by molar-refractivity contribution is 0.0955. The van der Waals surface area contributed by atoms with Crippen molar-refractivity contribution in [1.82, 2.24) is 9.99 Å². The molecule has 28 heavy (non-hydrogen) atoms. The summed E-state index contributed by atoms with van der Waals surface area (Å²) in [4.78, 5) is 12.3. The third-order valence-corrected chi connectivity index (χ3v) is 4.30. The molecule has 0 aliphatic carbocycles. The lowest BCUT2D eigenvalue weighted by Crippen LogP contribution is -2.17. The van der Waals surface area contributed by atoms with Gasteiger partial charge in [-0.15, -0.1) is 0 Å². The van der Waals surface area contributed by atoms with E-state index in [1.54, 1.807) is 24.4 Å². The molecule has 142 valence electrons. The van der Waals surface area contributed by atoms with E-state index in [-0.39, 0.29) is 5.91 Å². The van der Waals surface area contributed by atoms with Crippen molar-refractivity contribution in [3.63, 3.8) is 0 Å². The molecule has 0 aliphatic rings. The van der Waals surface area contributed by atoms with Crippen LogP contribution in [0.2, 0.25) is 0 Å². The first kappa shape index (κ1) is 19.2. The van der Waals surface area contributed by atoms with Crippen LogP contribution in [-0.4, -0.2) is 23.3 Å². The van der Waals surface area contributed by atoms with E-state index in [4.69, 9.17) is 4.74 Å². The number of aryl methyl sites for hydroxylation is 2. The molecule has 3 rings (SSSR count). The third-order valence-electron chi connectivity index (χ3n) is 4.30. The van der Waals surface area contributed by atoms with Gasteiger partial charge in [0.1, 0.15) is 12.4 Å². The summed E-state index contributed by atoms with van der Waals surface area (Å²) in [5, 5.41) is 4.05. The van der Waals surface area contributed by atoms with Crippen molar-refractivity contribution in [3.05, 3.63) is 95.8 Å². The number of carbonyl (C=O) groups excluding carboxylic acids is 1. The van der Waals surface area contributed by atoms with Gasteiger partial charge in [0, 0.05) is 28.2 Å². The summed E-state index contributed by atoms with van der Waals surface area (Å²) >= 11 is 0. The molecule has 1 heterocycles. The lowest BCUT2D eigenvalue weighted by Gasteiger charge is -2.10. The van der Waals surface area contributed by atoms with Crippen LogP contribution in [-0.2, 0) is 0 Å². The second kappa shape index (κ2) is 8.86. The molecular formula is C23H23N3O2. The van der Waals surface area contributed by atoms with Gasteiger partial charge in [0.15, 0.2) is 0 Å². The number of nitrogens with zero attached hydrogens (tertiary/aromatic N) is 2. The number of ether oxygens (including phenoxy) is 1. The minimum Gasteiger partial charge on any atom is -0.489 e. The van der Waals surface area contributed by atoms with E-state index >= 15 is 0 Å². The van der Waals surface area contributed by atoms with Crippen molar-refractivity contribution < 1.29 is 9.53 Å². The Hall–Kier alpha value is -3.60. The molecule has 0 spiro atoms. The summed E-state index contributed by atoms with van der Waals surface area (Å²) < 4.78 is 7.71. The first-order valence-corrected chi connectivity index (χ1v) is 9.01. The summed E-state index contributed by atoms with van der Waals surface area (Å²) in [5.41, 5.74) is 7.19. The molecule has 3 aromatic rings. The number of hydrogen-bond acceptors (Lipinski definition) is 3. The number of carbonyl (C=O) groups is 1. The molecule has 1 aromatic heterocycles. The highest BCUT2D eigenvalue weighted by atomic mass is 16.5. The van der Waals surface area contributed by atoms with Crippen LogP contribution in [0.1, 0.15) is 27.3 Å². The maximum atomic E-state index is 12.3. The fourth-order valence-corrected chi connectivity index (χ4v) is 2.93. The molecule has 0 atom stereocenters. The Morgan fingerprint density at radius 3 is 2.43 bits per heavy atom. The normalized spacial score (nSPS) is 10.8. The van der Waals surface area contributed by atoms with Gasteiger partial charge in [0.05, 0.1) is 6.21 Å². The van der Waals surface area contributed by atoms with Gasteiger partial charge in [-0.3, -0.25) is 4.79 Å². The van der Waals surface area contributed by atoms with Gasteiger partial charge in [-0.25, -0.2) is 5.43 Å². The van der Waals surface area contributed by atoms with Crippen molar-refractivity contribution in [2.24, 2.45) is 5.10 Å². The van der Waals surface area contributed by atoms with E-state index in [0.717, 1.165) is 22.6 Å². The molecule has 0 saturated heterocycles. The van der Waals surface area contributed by atoms with E-state index < -0.39 is 0 Å². The van der Waals surface area contributed by atoms with E-state index in [0.29, 0.717) is 17.9 Å². The van der Waals surface area contributed by atoms with Gasteiger partial charge in [-0.1, -0.05) is 24.8 Å². The minimum absolute atomic E-state index is 0.270. The van der Waals surface area contributed by atoms with Crippen LogP contribution in [0.4, 0.5) is 0 Å². The first-order chi connectivity index (χ1) is 13.6. The topological polar surface area (TPSA) is 55.6 Å². The van der Waals surface area contributed by atoms with Crippen LogP contribution >= 0.6 is 0 Å². The van der Waals surface area contributed by atoms with Gasteiger partial charge in [0.2, 0.25) is 0 Å². The summed E-state index contributed by atoms with van der Waals surface area (Å²) in [6, 6.07) is 19.1. The predicted octanol–water partition coefficient (Wildman–Crippen LogP) is 4.42. The van der Waals surface area contributed by atoms with E-state index in [9.17, 15) is 4.79 Å². The zero-order valence-corrected chi connectivity index (χ0v) is 16.1. The Kier molecular flexibility index (Phi) is 6.07. The Bertz CT molecular complexity index is 981. The SMILES string of the molecule is C=CCOc1ccccc1/C=N/NC(=O)c1ccc(-n2c(C)ccc2C)cc1. The molecule has 2 aromatic carbocycles. The number of hydrazone groups is 1. The van der Waals surface area contributed by atoms with Gasteiger partial charge >= 0.3 is 0 Å². The maximum Gasteiger partial charge on any atom is 0.271 e. The lowest BCUT2D eigenvalue weighted by atomic mass is 10.2. The Morgan fingerprint density at radius 2 is 1.75 bits per heavy atom. The molecule has 5 nitrogen and oxygen atoms in total. The Labute approximate surface area is 165 Å². The zero-order valence-electron chi connectivity index (χ0n) is 16.1. The van der Waals surface area contributed by atoms with Crippen molar-refractivity contribution in [3.8, 4) is 11.4 Å². The average molecular weight is 373 g/mol. The molecular weight excluding hydrogens is 350 g/mol. The molecule has 5 heteroatoms. The smallest absolute Gasteiger partial charge is 0.271 e. The van der Waals surface area contributed by atoms with Crippen LogP contribution in [0.15, 0.2) is 78.4 Å². The number of benzene rings is 2. The summed E-state index contributed by atoms with van der Waals surface area (Å²) in [5.74, 6) is 0.412. The third kappa shape index (κ3) is 4.38. The molecule has 1 N–H and O–H groups in total. The van der Waals surface area contributed by atoms with Crippen molar-refractivity contribution in [2.75, 3.05) is 6.61 Å². The summed E-state index contributed by atoms with van der Waals surface area (Å²) in [7, 11) is 0. The van der Waals surface area contributed by atoms with E-state index in [1.807, 2.05) is 36.4 Å². The highest BCUT2D eigenvalue weighted by molar-refractivity contribution is 5.95. The van der Waals surface area contributed by atoms with E-state index in [2.05, 4.69) is 47.7 Å². The Morgan fingerprint density at radius 1 is 1.07 bits per heavy atom. The monoisotopic (exact) mass is 373 g/mol. The quantitative estimate of drug-likeness (QED) is 0.379. The predicted molar refractivity (Wildman–Crippen MR) is 112 cm³/mol. The van der Waals surface area contributed by atoms with Gasteiger partial charge in [-0.2, -0.15) is 5.10 Å². The fraction of sp³-hybridized carbons (Fsp3) is 0.130. The highest BCUT2D eigenvalue weighted by Crippen LogP contribution is 2.17. The van der Waals surface area contributed by atoms with Crippen LogP contribution in [0.25, 0.3) is 5.69 Å². The van der Waals surface area contributed by atoms with Crippen molar-refractivity contribution >= 4 is 12.1 Å². The minimum atomic E-state index is -0.270. The number of aromatic nitrogens is 1. The zero-order chi connectivity index (χ0) is 19.9. The highest BCUT2D eigenvalue weighted by Gasteiger charge is 2.07. The first-order valence-electron chi connectivity index (χ1n) is 9.01. The second-order valence-corrected chi connectivity index (χ2v) is 6.34. The molecule has 0 radical (unpaired) electrons. The standard InChI is InChI=1S/C23H23N3O2/c1-4-15-28-22-8-6-5-7-20(22)16-24-25-23(27)19-11-13-21(14-12-19)26-17(2)9-10-18(26)3/h4-14,16H,1,15H2,2-3H3,(H,25,27)/b24-16+. The van der Waals surface area contributed by atoms with Crippen molar-refractivity contribution in [2.45, 2.75) is 13.8 Å². The largest absolute Gasteiger partial charge is 0.489 e. The van der Waals surface area contributed by atoms with Gasteiger partial charge in [0.25, 0.3) is 5.91 Å². The fourth-order valence-electron chi connectivity index (χ4n) is 2.93. The number of para-hydroxylation sites is 1. The summed E-state index contributed by atoms with van der Waals surface area (Å²) in [6.45, 7) is 8.15. The molecule has 0 fully saturated rings. The molecule has 1 amide bonds. The van der Waals surface area contributed by atoms with Gasteiger partial charge in [-0.05, 0) is 62.4 Å². The maximum absolute atomic E-state index is 12.3. The van der Waals surface area contributed by atoms with E-state index in [1.165, 1.54) is 0 Å². The molecule has 0 saturated carbocycles. The number of nitrogens with one attached hydrogen (secondary N) is 1. The molecule has 0 aliphatic heterocycles. The van der Waals surface area contributed by atoms with Gasteiger partial charge < -0.3 is 9.30 Å². The van der Waals surface area contributed by atoms with Crippen LogP contribution < -0.4 is 10.2 Å². The number of hydrogen-bond donors (Lipinski definition) is 1. The van der Waals surface area contributed by atoms with Crippen molar-refractivity contribution in [1.29, 1.82) is 0 Å².